The number of carbonyl (C=O) groups is 1. The monoisotopic (exact) mass is 302 g/mol. The molecule has 1 heterocycles. The van der Waals surface area contributed by atoms with Gasteiger partial charge in [-0.25, -0.2) is 18.2 Å². The lowest BCUT2D eigenvalue weighted by molar-refractivity contribution is -0.139. The number of carbonyl (C=O) groups excluding carboxylic acids is 1. The smallest absolute Gasteiger partial charge is 0.311 e. The van der Waals surface area contributed by atoms with E-state index in [-0.39, 0.29) is 17.2 Å². The van der Waals surface area contributed by atoms with Crippen LogP contribution in [0.4, 0.5) is 24.0 Å². The van der Waals surface area contributed by atoms with E-state index in [0.29, 0.717) is 5.69 Å². The van der Waals surface area contributed by atoms with E-state index in [4.69, 9.17) is 0 Å². The maximum absolute atomic E-state index is 13.4. The van der Waals surface area contributed by atoms with Crippen LogP contribution in [0.15, 0.2) is 17.5 Å². The van der Waals surface area contributed by atoms with E-state index in [9.17, 15) is 18.0 Å². The van der Waals surface area contributed by atoms with Gasteiger partial charge in [-0.3, -0.25) is 4.79 Å². The highest BCUT2D eigenvalue weighted by molar-refractivity contribution is 7.13. The molecule has 0 amide bonds. The molecule has 0 aliphatic rings. The third-order valence-corrected chi connectivity index (χ3v) is 3.19. The number of hydrogen-bond donors (Lipinski definition) is 1. The van der Waals surface area contributed by atoms with Crippen LogP contribution < -0.4 is 5.32 Å². The maximum Gasteiger partial charge on any atom is 0.311 e. The van der Waals surface area contributed by atoms with Gasteiger partial charge < -0.3 is 10.1 Å². The number of nitrogens with one attached hydrogen (secondary N) is 1. The van der Waals surface area contributed by atoms with E-state index in [2.05, 4.69) is 15.0 Å². The molecular formula is C12H9F3N2O2S. The van der Waals surface area contributed by atoms with Crippen LogP contribution in [0.1, 0.15) is 5.69 Å². The van der Waals surface area contributed by atoms with Gasteiger partial charge in [0.05, 0.1) is 24.9 Å². The number of aromatic nitrogens is 1. The minimum absolute atomic E-state index is 0.0189. The van der Waals surface area contributed by atoms with Gasteiger partial charge in [-0.1, -0.05) is 0 Å². The Morgan fingerprint density at radius 3 is 2.80 bits per heavy atom. The van der Waals surface area contributed by atoms with E-state index >= 15 is 0 Å². The molecule has 106 valence electrons. The van der Waals surface area contributed by atoms with Crippen LogP contribution >= 0.6 is 11.3 Å². The van der Waals surface area contributed by atoms with Gasteiger partial charge in [0.1, 0.15) is 0 Å². The molecule has 0 saturated heterocycles. The lowest BCUT2D eigenvalue weighted by atomic mass is 10.3. The molecule has 0 aliphatic heterocycles. The first-order valence-electron chi connectivity index (χ1n) is 5.43. The van der Waals surface area contributed by atoms with Gasteiger partial charge in [0.2, 0.25) is 0 Å². The second kappa shape index (κ2) is 5.91. The lowest BCUT2D eigenvalue weighted by Crippen LogP contribution is -2.05. The Labute approximate surface area is 116 Å². The molecule has 0 unspecified atom stereocenters. The second-order valence-corrected chi connectivity index (χ2v) is 4.60. The van der Waals surface area contributed by atoms with E-state index in [1.807, 2.05) is 0 Å². The molecule has 1 aromatic carbocycles. The molecule has 2 rings (SSSR count). The van der Waals surface area contributed by atoms with E-state index < -0.39 is 23.4 Å². The van der Waals surface area contributed by atoms with Crippen molar-refractivity contribution in [1.29, 1.82) is 0 Å². The molecular weight excluding hydrogens is 293 g/mol. The van der Waals surface area contributed by atoms with Gasteiger partial charge in [-0.2, -0.15) is 0 Å². The zero-order valence-corrected chi connectivity index (χ0v) is 11.1. The molecule has 20 heavy (non-hydrogen) atoms. The Balaban J connectivity index is 2.15. The summed E-state index contributed by atoms with van der Waals surface area (Å²) < 4.78 is 43.8. The minimum atomic E-state index is -1.55. The molecule has 0 fully saturated rings. The molecule has 8 heteroatoms. The van der Waals surface area contributed by atoms with Crippen molar-refractivity contribution < 1.29 is 22.7 Å². The van der Waals surface area contributed by atoms with Crippen molar-refractivity contribution in [2.24, 2.45) is 0 Å². The Kier molecular flexibility index (Phi) is 4.23. The number of nitrogens with zero attached hydrogens (tertiary/aromatic N) is 1. The Bertz CT molecular complexity index is 646. The molecule has 0 saturated carbocycles. The number of hydrogen-bond acceptors (Lipinski definition) is 5. The summed E-state index contributed by atoms with van der Waals surface area (Å²) in [6.07, 6.45) is -0.0189. The number of thiazole rings is 1. The van der Waals surface area contributed by atoms with E-state index in [1.165, 1.54) is 7.11 Å². The number of rotatable bonds is 4. The summed E-state index contributed by atoms with van der Waals surface area (Å²) in [4.78, 5) is 15.1. The SMILES string of the molecule is COC(=O)Cc1csc(Nc2ccc(F)c(F)c2F)n1. The van der Waals surface area contributed by atoms with Crippen LogP contribution in [-0.2, 0) is 16.0 Å². The topological polar surface area (TPSA) is 51.2 Å². The normalized spacial score (nSPS) is 10.4. The summed E-state index contributed by atoms with van der Waals surface area (Å²) in [7, 11) is 1.25. The summed E-state index contributed by atoms with van der Waals surface area (Å²) in [5.74, 6) is -4.60. The number of anilines is 2. The summed E-state index contributed by atoms with van der Waals surface area (Å²) in [5.41, 5.74) is 0.204. The van der Waals surface area contributed by atoms with Gasteiger partial charge in [-0.05, 0) is 12.1 Å². The van der Waals surface area contributed by atoms with Crippen LogP contribution in [0.25, 0.3) is 0 Å². The standard InChI is InChI=1S/C12H9F3N2O2S/c1-19-9(18)4-6-5-20-12(16-6)17-8-3-2-7(13)10(14)11(8)15/h2-3,5H,4H2,1H3,(H,16,17). The summed E-state index contributed by atoms with van der Waals surface area (Å²) in [6.45, 7) is 0. The number of halogens is 3. The molecule has 0 aliphatic carbocycles. The first-order chi connectivity index (χ1) is 9.51. The summed E-state index contributed by atoms with van der Waals surface area (Å²) in [6, 6.07) is 1.87. The lowest BCUT2D eigenvalue weighted by Gasteiger charge is -2.05. The van der Waals surface area contributed by atoms with Crippen molar-refractivity contribution in [1.82, 2.24) is 4.98 Å². The zero-order valence-electron chi connectivity index (χ0n) is 10.2. The highest BCUT2D eigenvalue weighted by Gasteiger charge is 2.15. The predicted octanol–water partition coefficient (Wildman–Crippen LogP) is 3.02. The first kappa shape index (κ1) is 14.3. The van der Waals surface area contributed by atoms with Crippen LogP contribution in [0.3, 0.4) is 0 Å². The van der Waals surface area contributed by atoms with Crippen LogP contribution in [-0.4, -0.2) is 18.1 Å². The van der Waals surface area contributed by atoms with Gasteiger partial charge in [0.25, 0.3) is 0 Å². The molecule has 0 bridgehead atoms. The fourth-order valence-corrected chi connectivity index (χ4v) is 2.13. The highest BCUT2D eigenvalue weighted by atomic mass is 32.1. The Morgan fingerprint density at radius 1 is 1.35 bits per heavy atom. The second-order valence-electron chi connectivity index (χ2n) is 3.74. The third kappa shape index (κ3) is 3.08. The molecule has 0 spiro atoms. The summed E-state index contributed by atoms with van der Waals surface area (Å²) in [5, 5.41) is 4.36. The first-order valence-corrected chi connectivity index (χ1v) is 6.31. The fourth-order valence-electron chi connectivity index (χ4n) is 1.40. The van der Waals surface area contributed by atoms with Crippen molar-refractivity contribution in [2.45, 2.75) is 6.42 Å². The van der Waals surface area contributed by atoms with Crippen LogP contribution in [0.2, 0.25) is 0 Å². The largest absolute Gasteiger partial charge is 0.469 e. The molecule has 1 N–H and O–H groups in total. The maximum atomic E-state index is 13.4. The quantitative estimate of drug-likeness (QED) is 0.697. The molecule has 4 nitrogen and oxygen atoms in total. The third-order valence-electron chi connectivity index (χ3n) is 2.38. The molecule has 2 aromatic rings. The predicted molar refractivity (Wildman–Crippen MR) is 67.4 cm³/mol. The van der Waals surface area contributed by atoms with Crippen molar-refractivity contribution >= 4 is 28.1 Å². The van der Waals surface area contributed by atoms with Gasteiger partial charge >= 0.3 is 5.97 Å². The fraction of sp³-hybridized carbons (Fsp3) is 0.167. The van der Waals surface area contributed by atoms with Crippen molar-refractivity contribution in [3.05, 3.63) is 40.7 Å². The Hall–Kier alpha value is -2.09. The zero-order chi connectivity index (χ0) is 14.7. The van der Waals surface area contributed by atoms with Crippen LogP contribution in [0, 0.1) is 17.5 Å². The number of esters is 1. The number of methoxy groups -OCH3 is 1. The average molecular weight is 302 g/mol. The van der Waals surface area contributed by atoms with E-state index in [1.54, 1.807) is 5.38 Å². The minimum Gasteiger partial charge on any atom is -0.469 e. The van der Waals surface area contributed by atoms with E-state index in [0.717, 1.165) is 23.5 Å². The highest BCUT2D eigenvalue weighted by Crippen LogP contribution is 2.25. The van der Waals surface area contributed by atoms with Crippen molar-refractivity contribution in [3.63, 3.8) is 0 Å². The number of ether oxygens (including phenoxy) is 1. The molecule has 0 radical (unpaired) electrons. The van der Waals surface area contributed by atoms with Crippen molar-refractivity contribution in [2.75, 3.05) is 12.4 Å². The summed E-state index contributed by atoms with van der Waals surface area (Å²) >= 11 is 1.10. The van der Waals surface area contributed by atoms with Crippen molar-refractivity contribution in [3.8, 4) is 0 Å². The van der Waals surface area contributed by atoms with Gasteiger partial charge in [0, 0.05) is 5.38 Å². The molecule has 0 atom stereocenters. The molecule has 1 aromatic heterocycles. The Morgan fingerprint density at radius 2 is 2.10 bits per heavy atom. The average Bonchev–Trinajstić information content (AvgIpc) is 2.86. The number of benzene rings is 1. The van der Waals surface area contributed by atoms with Gasteiger partial charge in [-0.15, -0.1) is 11.3 Å². The van der Waals surface area contributed by atoms with Crippen LogP contribution in [0.5, 0.6) is 0 Å². The van der Waals surface area contributed by atoms with Gasteiger partial charge in [0.15, 0.2) is 22.6 Å².